The van der Waals surface area contributed by atoms with Crippen molar-refractivity contribution in [3.8, 4) is 0 Å². The quantitative estimate of drug-likeness (QED) is 0.217. The molecule has 0 bridgehead atoms. The summed E-state index contributed by atoms with van der Waals surface area (Å²) in [5.74, 6) is -7.10. The van der Waals surface area contributed by atoms with Crippen LogP contribution in [0, 0.1) is 11.8 Å². The lowest BCUT2D eigenvalue weighted by Crippen LogP contribution is -2.62. The van der Waals surface area contributed by atoms with Crippen molar-refractivity contribution in [2.45, 2.75) is 148 Å². The van der Waals surface area contributed by atoms with Gasteiger partial charge in [-0.3, -0.25) is 43.2 Å². The van der Waals surface area contributed by atoms with E-state index in [0.717, 1.165) is 4.90 Å². The third-order valence-corrected chi connectivity index (χ3v) is 13.1. The van der Waals surface area contributed by atoms with Crippen LogP contribution in [0.15, 0.2) is 60.7 Å². The molecule has 2 aromatic carbocycles. The fraction of sp³-hybridized carbons (Fsp3) is 0.580. The Kier molecular flexibility index (Phi) is 21.3. The Morgan fingerprint density at radius 1 is 0.551 bits per heavy atom. The lowest BCUT2D eigenvalue weighted by atomic mass is 9.95. The van der Waals surface area contributed by atoms with Crippen molar-refractivity contribution in [1.29, 1.82) is 0 Å². The van der Waals surface area contributed by atoms with Crippen LogP contribution in [-0.4, -0.2) is 167 Å². The van der Waals surface area contributed by atoms with E-state index in [1.54, 1.807) is 88.4 Å². The minimum Gasteiger partial charge on any atom is -0.391 e. The van der Waals surface area contributed by atoms with Crippen LogP contribution in [0.3, 0.4) is 0 Å². The largest absolute Gasteiger partial charge is 0.391 e. The van der Waals surface area contributed by atoms with Crippen molar-refractivity contribution in [2.75, 3.05) is 28.2 Å². The van der Waals surface area contributed by atoms with Crippen molar-refractivity contribution in [3.05, 3.63) is 71.8 Å². The number of benzene rings is 2. The summed E-state index contributed by atoms with van der Waals surface area (Å²) >= 11 is 0. The molecule has 3 rings (SSSR count). The van der Waals surface area contributed by atoms with E-state index in [9.17, 15) is 48.3 Å². The van der Waals surface area contributed by atoms with Crippen molar-refractivity contribution < 1.29 is 48.3 Å². The number of carbonyl (C=O) groups is 9. The van der Waals surface area contributed by atoms with E-state index in [2.05, 4.69) is 26.6 Å². The Labute approximate surface area is 406 Å². The highest BCUT2D eigenvalue weighted by Crippen LogP contribution is 2.19. The Morgan fingerprint density at radius 2 is 1.07 bits per heavy atom. The second-order valence-electron chi connectivity index (χ2n) is 18.8. The maximum atomic E-state index is 14.6. The molecule has 1 heterocycles. The van der Waals surface area contributed by atoms with Gasteiger partial charge in [0.15, 0.2) is 0 Å². The number of hydrogen-bond donors (Lipinski definition) is 6. The summed E-state index contributed by atoms with van der Waals surface area (Å²) in [6, 6.07) is 7.23. The molecule has 9 amide bonds. The monoisotopic (exact) mass is 962 g/mol. The summed E-state index contributed by atoms with van der Waals surface area (Å²) in [4.78, 5) is 131. The molecule has 6 N–H and O–H groups in total. The molecule has 1 fully saturated rings. The van der Waals surface area contributed by atoms with Crippen LogP contribution < -0.4 is 26.6 Å². The minimum absolute atomic E-state index is 0.0236. The Balaban J connectivity index is 2.14. The molecule has 1 aliphatic rings. The first-order chi connectivity index (χ1) is 32.3. The van der Waals surface area contributed by atoms with Crippen molar-refractivity contribution in [3.63, 3.8) is 0 Å². The molecule has 0 unspecified atom stereocenters. The smallest absolute Gasteiger partial charge is 0.248 e. The van der Waals surface area contributed by atoms with Gasteiger partial charge in [0.2, 0.25) is 53.2 Å². The maximum absolute atomic E-state index is 14.6. The third-order valence-electron chi connectivity index (χ3n) is 13.1. The molecule has 0 aliphatic carbocycles. The first-order valence-electron chi connectivity index (χ1n) is 23.7. The van der Waals surface area contributed by atoms with Crippen molar-refractivity contribution in [2.24, 2.45) is 11.8 Å². The zero-order chi connectivity index (χ0) is 52.0. The number of nitrogens with zero attached hydrogens (tertiary/aromatic N) is 4. The van der Waals surface area contributed by atoms with Gasteiger partial charge in [-0.2, -0.15) is 0 Å². The standard InChI is InChI=1S/C50H75N9O10/c1-14-29(4)40-49(68)58(12)38(27-36-23-19-16-20-24-36)46(65)52-31(6)43(62)53-37(26-35-21-17-15-18-22-35)45(64)51-30(5)25-39(61)56(10)33(8)48(67)59(13)42(28(2)3)47(66)55-41(34(9)60)50(69)57(11)32(7)44(63)54-40/h15-24,28-34,37-38,40-42,60H,14,25-27H2,1-13H3,(H,51,64)(H,52,65)(H,53,62)(H,54,63)(H,55,66)/t29-,30-,31-,32-,33+,34+,37-,38-,40-,41-,42-/m0/s1. The van der Waals surface area contributed by atoms with Gasteiger partial charge in [-0.1, -0.05) is 94.8 Å². The van der Waals surface area contributed by atoms with E-state index in [0.29, 0.717) is 17.5 Å². The molecular formula is C50H75N9O10. The first-order valence-corrected chi connectivity index (χ1v) is 23.7. The van der Waals surface area contributed by atoms with Gasteiger partial charge >= 0.3 is 0 Å². The molecule has 11 atom stereocenters. The fourth-order valence-corrected chi connectivity index (χ4v) is 8.06. The molecule has 19 nitrogen and oxygen atoms in total. The molecule has 0 saturated carbocycles. The lowest BCUT2D eigenvalue weighted by molar-refractivity contribution is -0.150. The molecule has 19 heteroatoms. The SMILES string of the molecule is CC[C@H](C)[C@@H]1NC(=O)[C@H](C)N(C)C(=O)[C@H]([C@@H](C)O)NC(=O)[C@H](C(C)C)N(C)C(=O)[C@@H](C)N(C)C(=O)C[C@H](C)NC(=O)[C@H](Cc2ccccc2)NC(=O)[C@H](C)NC(=O)[C@H](Cc2ccccc2)N(C)C1=O. The van der Waals surface area contributed by atoms with Gasteiger partial charge < -0.3 is 51.3 Å². The number of aliphatic hydroxyl groups excluding tert-OH is 1. The molecule has 0 spiro atoms. The number of rotatable bonds is 8. The van der Waals surface area contributed by atoms with Gasteiger partial charge in [-0.25, -0.2) is 0 Å². The zero-order valence-corrected chi connectivity index (χ0v) is 42.4. The average Bonchev–Trinajstić information content (AvgIpc) is 3.31. The first kappa shape index (κ1) is 57.0. The highest BCUT2D eigenvalue weighted by atomic mass is 16.3. The summed E-state index contributed by atoms with van der Waals surface area (Å²) in [6.45, 7) is 14.2. The minimum atomic E-state index is -1.57. The van der Waals surface area contributed by atoms with Crippen LogP contribution >= 0.6 is 0 Å². The second kappa shape index (κ2) is 25.8. The van der Waals surface area contributed by atoms with Gasteiger partial charge in [0.05, 0.1) is 6.10 Å². The maximum Gasteiger partial charge on any atom is 0.248 e. The number of likely N-dealkylation sites (N-methyl/N-ethyl adjacent to an activating group) is 4. The zero-order valence-electron chi connectivity index (χ0n) is 42.4. The highest BCUT2D eigenvalue weighted by molar-refractivity contribution is 5.98. The van der Waals surface area contributed by atoms with Gasteiger partial charge in [-0.05, 0) is 57.6 Å². The molecule has 0 aromatic heterocycles. The van der Waals surface area contributed by atoms with E-state index in [-0.39, 0.29) is 19.3 Å². The molecule has 380 valence electrons. The third kappa shape index (κ3) is 15.3. The molecule has 1 aliphatic heterocycles. The highest BCUT2D eigenvalue weighted by Gasteiger charge is 2.41. The lowest BCUT2D eigenvalue weighted by Gasteiger charge is -2.37. The summed E-state index contributed by atoms with van der Waals surface area (Å²) in [5.41, 5.74) is 1.41. The van der Waals surface area contributed by atoms with Crippen LogP contribution in [0.4, 0.5) is 0 Å². The number of nitrogens with one attached hydrogen (secondary N) is 5. The predicted octanol–water partition coefficient (Wildman–Crippen LogP) is 0.770. The molecule has 0 radical (unpaired) electrons. The van der Waals surface area contributed by atoms with Crippen LogP contribution in [-0.2, 0) is 56.0 Å². The van der Waals surface area contributed by atoms with Crippen molar-refractivity contribution in [1.82, 2.24) is 46.2 Å². The predicted molar refractivity (Wildman–Crippen MR) is 259 cm³/mol. The molecule has 2 aromatic rings. The molecular weight excluding hydrogens is 887 g/mol. The van der Waals surface area contributed by atoms with Crippen LogP contribution in [0.2, 0.25) is 0 Å². The topological polar surface area (TPSA) is 247 Å². The summed E-state index contributed by atoms with van der Waals surface area (Å²) in [5, 5.41) is 24.5. The van der Waals surface area contributed by atoms with Crippen LogP contribution in [0.5, 0.6) is 0 Å². The van der Waals surface area contributed by atoms with Gasteiger partial charge in [0.1, 0.15) is 48.3 Å². The second-order valence-corrected chi connectivity index (χ2v) is 18.8. The number of hydrogen-bond acceptors (Lipinski definition) is 10. The van der Waals surface area contributed by atoms with Gasteiger partial charge in [0.25, 0.3) is 0 Å². The molecule has 1 saturated heterocycles. The fourth-order valence-electron chi connectivity index (χ4n) is 8.06. The van der Waals surface area contributed by atoms with E-state index >= 15 is 0 Å². The van der Waals surface area contributed by atoms with Gasteiger partial charge in [-0.15, -0.1) is 0 Å². The van der Waals surface area contributed by atoms with Gasteiger partial charge in [0, 0.05) is 53.5 Å². The summed E-state index contributed by atoms with van der Waals surface area (Å²) < 4.78 is 0. The van der Waals surface area contributed by atoms with Crippen LogP contribution in [0.1, 0.15) is 86.3 Å². The summed E-state index contributed by atoms with van der Waals surface area (Å²) in [7, 11) is 5.56. The van der Waals surface area contributed by atoms with E-state index in [4.69, 9.17) is 0 Å². The molecule has 69 heavy (non-hydrogen) atoms. The number of aliphatic hydroxyl groups is 1. The Bertz CT molecular complexity index is 2120. The Morgan fingerprint density at radius 3 is 1.59 bits per heavy atom. The Hall–Kier alpha value is -6.37. The van der Waals surface area contributed by atoms with Crippen LogP contribution in [0.25, 0.3) is 0 Å². The van der Waals surface area contributed by atoms with Crippen molar-refractivity contribution >= 4 is 53.2 Å². The van der Waals surface area contributed by atoms with E-state index < -0.39 is 125 Å². The number of carbonyl (C=O) groups excluding carboxylic acids is 9. The normalized spacial score (nSPS) is 27.4. The van der Waals surface area contributed by atoms with E-state index in [1.165, 1.54) is 70.6 Å². The average molecular weight is 962 g/mol. The van der Waals surface area contributed by atoms with E-state index in [1.807, 2.05) is 6.92 Å². The summed E-state index contributed by atoms with van der Waals surface area (Å²) in [6.07, 6.45) is -1.20. The number of amides is 9.